The van der Waals surface area contributed by atoms with Crippen LogP contribution in [0.3, 0.4) is 0 Å². The average Bonchev–Trinajstić information content (AvgIpc) is 2.75. The number of amides is 2. The van der Waals surface area contributed by atoms with E-state index in [-0.39, 0.29) is 19.1 Å². The highest BCUT2D eigenvalue weighted by Crippen LogP contribution is 2.16. The Morgan fingerprint density at radius 2 is 2.25 bits per heavy atom. The smallest absolute Gasteiger partial charge is 0.317 e. The minimum absolute atomic E-state index is 0.210. The van der Waals surface area contributed by atoms with Gasteiger partial charge >= 0.3 is 12.0 Å². The standard InChI is InChI=1S/C13H19N3O4/c1-8-9(2)20-11(15-8)6-14-13(19)16-5-3-4-10(7-16)12(17)18/h10H,3-7H2,1-2H3,(H,14,19)(H,17,18)/t10-/m1/s1. The molecule has 0 saturated carbocycles. The number of carbonyl (C=O) groups is 2. The van der Waals surface area contributed by atoms with Gasteiger partial charge in [0.05, 0.1) is 18.2 Å². The summed E-state index contributed by atoms with van der Waals surface area (Å²) in [5.74, 6) is -0.125. The number of piperidine rings is 1. The molecule has 0 spiro atoms. The van der Waals surface area contributed by atoms with Crippen LogP contribution < -0.4 is 5.32 Å². The molecular formula is C13H19N3O4. The first-order chi connectivity index (χ1) is 9.47. The highest BCUT2D eigenvalue weighted by molar-refractivity contribution is 5.76. The van der Waals surface area contributed by atoms with Crippen molar-refractivity contribution in [2.75, 3.05) is 13.1 Å². The van der Waals surface area contributed by atoms with Crippen molar-refractivity contribution in [2.24, 2.45) is 5.92 Å². The van der Waals surface area contributed by atoms with Crippen molar-refractivity contribution in [3.05, 3.63) is 17.3 Å². The van der Waals surface area contributed by atoms with Crippen LogP contribution in [0.1, 0.15) is 30.2 Å². The van der Waals surface area contributed by atoms with Gasteiger partial charge in [0.1, 0.15) is 5.76 Å². The molecule has 0 radical (unpaired) electrons. The van der Waals surface area contributed by atoms with Crippen LogP contribution in [0, 0.1) is 19.8 Å². The normalized spacial score (nSPS) is 18.9. The molecule has 1 saturated heterocycles. The number of aromatic nitrogens is 1. The zero-order valence-electron chi connectivity index (χ0n) is 11.7. The minimum Gasteiger partial charge on any atom is -0.481 e. The summed E-state index contributed by atoms with van der Waals surface area (Å²) >= 11 is 0. The van der Waals surface area contributed by atoms with E-state index in [9.17, 15) is 9.59 Å². The number of aryl methyl sites for hydroxylation is 2. The average molecular weight is 281 g/mol. The predicted octanol–water partition coefficient (Wildman–Crippen LogP) is 1.30. The third-order valence-electron chi connectivity index (χ3n) is 3.52. The Kier molecular flexibility index (Phi) is 4.26. The summed E-state index contributed by atoms with van der Waals surface area (Å²) in [5.41, 5.74) is 0.804. The number of nitrogens with zero attached hydrogens (tertiary/aromatic N) is 2. The van der Waals surface area contributed by atoms with Crippen LogP contribution >= 0.6 is 0 Å². The largest absolute Gasteiger partial charge is 0.481 e. The zero-order valence-corrected chi connectivity index (χ0v) is 11.7. The number of urea groups is 1. The first kappa shape index (κ1) is 14.4. The molecule has 2 heterocycles. The molecular weight excluding hydrogens is 262 g/mol. The van der Waals surface area contributed by atoms with Crippen molar-refractivity contribution in [2.45, 2.75) is 33.2 Å². The maximum atomic E-state index is 12.0. The molecule has 1 aliphatic rings. The number of likely N-dealkylation sites (tertiary alicyclic amines) is 1. The number of aliphatic carboxylic acids is 1. The van der Waals surface area contributed by atoms with Gasteiger partial charge in [-0.2, -0.15) is 0 Å². The number of nitrogens with one attached hydrogen (secondary N) is 1. The fourth-order valence-corrected chi connectivity index (χ4v) is 2.24. The van der Waals surface area contributed by atoms with E-state index in [0.717, 1.165) is 11.5 Å². The maximum Gasteiger partial charge on any atom is 0.317 e. The lowest BCUT2D eigenvalue weighted by molar-refractivity contribution is -0.143. The molecule has 1 aromatic heterocycles. The lowest BCUT2D eigenvalue weighted by atomic mass is 9.99. The SMILES string of the molecule is Cc1nc(CNC(=O)N2CCC[C@@H](C(=O)O)C2)oc1C. The summed E-state index contributed by atoms with van der Waals surface area (Å²) in [4.78, 5) is 28.7. The number of carbonyl (C=O) groups excluding carboxylic acids is 1. The molecule has 1 atom stereocenters. The lowest BCUT2D eigenvalue weighted by Crippen LogP contribution is -2.46. The number of oxazole rings is 1. The van der Waals surface area contributed by atoms with Crippen LogP contribution in [0.25, 0.3) is 0 Å². The summed E-state index contributed by atoms with van der Waals surface area (Å²) in [6, 6.07) is -0.274. The second-order valence-electron chi connectivity index (χ2n) is 5.03. The van der Waals surface area contributed by atoms with Gasteiger partial charge in [0, 0.05) is 13.1 Å². The number of rotatable bonds is 3. The molecule has 2 rings (SSSR count). The fraction of sp³-hybridized carbons (Fsp3) is 0.615. The molecule has 0 aliphatic carbocycles. The van der Waals surface area contributed by atoms with E-state index in [1.165, 1.54) is 4.90 Å². The Bertz CT molecular complexity index is 492. The van der Waals surface area contributed by atoms with E-state index < -0.39 is 11.9 Å². The Morgan fingerprint density at radius 1 is 1.50 bits per heavy atom. The van der Waals surface area contributed by atoms with Gasteiger partial charge in [-0.3, -0.25) is 4.79 Å². The number of hydrogen-bond donors (Lipinski definition) is 2. The molecule has 2 amide bonds. The molecule has 0 bridgehead atoms. The van der Waals surface area contributed by atoms with Crippen molar-refractivity contribution < 1.29 is 19.1 Å². The summed E-state index contributed by atoms with van der Waals surface area (Å²) in [6.45, 7) is 4.70. The third kappa shape index (κ3) is 3.28. The number of carboxylic acids is 1. The van der Waals surface area contributed by atoms with Crippen LogP contribution in [0.15, 0.2) is 4.42 Å². The van der Waals surface area contributed by atoms with E-state index in [0.29, 0.717) is 25.3 Å². The van der Waals surface area contributed by atoms with Crippen molar-refractivity contribution in [1.29, 1.82) is 0 Å². The van der Waals surface area contributed by atoms with Crippen molar-refractivity contribution >= 4 is 12.0 Å². The van der Waals surface area contributed by atoms with Crippen molar-refractivity contribution in [3.8, 4) is 0 Å². The zero-order chi connectivity index (χ0) is 14.7. The lowest BCUT2D eigenvalue weighted by Gasteiger charge is -2.30. The van der Waals surface area contributed by atoms with E-state index in [4.69, 9.17) is 9.52 Å². The van der Waals surface area contributed by atoms with Gasteiger partial charge in [-0.05, 0) is 26.7 Å². The number of hydrogen-bond acceptors (Lipinski definition) is 4. The van der Waals surface area contributed by atoms with Gasteiger partial charge in [-0.25, -0.2) is 9.78 Å². The van der Waals surface area contributed by atoms with Crippen LogP contribution in [-0.2, 0) is 11.3 Å². The summed E-state index contributed by atoms with van der Waals surface area (Å²) in [7, 11) is 0. The molecule has 1 aromatic rings. The van der Waals surface area contributed by atoms with Crippen LogP contribution in [0.2, 0.25) is 0 Å². The molecule has 110 valence electrons. The van der Waals surface area contributed by atoms with Crippen LogP contribution in [0.5, 0.6) is 0 Å². The predicted molar refractivity (Wildman–Crippen MR) is 70.1 cm³/mol. The fourth-order valence-electron chi connectivity index (χ4n) is 2.24. The molecule has 7 heteroatoms. The monoisotopic (exact) mass is 281 g/mol. The highest BCUT2D eigenvalue weighted by atomic mass is 16.4. The van der Waals surface area contributed by atoms with Gasteiger partial charge in [-0.1, -0.05) is 0 Å². The molecule has 0 aromatic carbocycles. The van der Waals surface area contributed by atoms with Gasteiger partial charge < -0.3 is 19.7 Å². The molecule has 1 fully saturated rings. The van der Waals surface area contributed by atoms with Crippen molar-refractivity contribution in [1.82, 2.24) is 15.2 Å². The summed E-state index contributed by atoms with van der Waals surface area (Å²) in [6.07, 6.45) is 1.33. The summed E-state index contributed by atoms with van der Waals surface area (Å²) in [5, 5.41) is 11.7. The third-order valence-corrected chi connectivity index (χ3v) is 3.52. The van der Waals surface area contributed by atoms with Gasteiger partial charge in [0.25, 0.3) is 0 Å². The molecule has 20 heavy (non-hydrogen) atoms. The van der Waals surface area contributed by atoms with E-state index in [2.05, 4.69) is 10.3 Å². The van der Waals surface area contributed by atoms with Gasteiger partial charge in [-0.15, -0.1) is 0 Å². The molecule has 2 N–H and O–H groups in total. The molecule has 7 nitrogen and oxygen atoms in total. The topological polar surface area (TPSA) is 95.7 Å². The Morgan fingerprint density at radius 3 is 2.85 bits per heavy atom. The minimum atomic E-state index is -0.846. The Labute approximate surface area is 117 Å². The second-order valence-corrected chi connectivity index (χ2v) is 5.03. The van der Waals surface area contributed by atoms with E-state index in [1.807, 2.05) is 13.8 Å². The van der Waals surface area contributed by atoms with Gasteiger partial charge in [0.15, 0.2) is 0 Å². The van der Waals surface area contributed by atoms with Crippen molar-refractivity contribution in [3.63, 3.8) is 0 Å². The first-order valence-corrected chi connectivity index (χ1v) is 6.66. The second kappa shape index (κ2) is 5.94. The first-order valence-electron chi connectivity index (χ1n) is 6.66. The Balaban J connectivity index is 1.86. The summed E-state index contributed by atoms with van der Waals surface area (Å²) < 4.78 is 5.37. The number of carboxylic acid groups (broad SMARTS) is 1. The van der Waals surface area contributed by atoms with Gasteiger partial charge in [0.2, 0.25) is 5.89 Å². The van der Waals surface area contributed by atoms with Crippen LogP contribution in [-0.4, -0.2) is 40.1 Å². The van der Waals surface area contributed by atoms with E-state index in [1.54, 1.807) is 0 Å². The molecule has 1 aliphatic heterocycles. The quantitative estimate of drug-likeness (QED) is 0.870. The highest BCUT2D eigenvalue weighted by Gasteiger charge is 2.28. The molecule has 0 unspecified atom stereocenters. The maximum absolute atomic E-state index is 12.0. The Hall–Kier alpha value is -2.05. The van der Waals surface area contributed by atoms with Crippen LogP contribution in [0.4, 0.5) is 4.79 Å². The van der Waals surface area contributed by atoms with E-state index >= 15 is 0 Å².